The average Bonchev–Trinajstić information content (AvgIpc) is 2.48. The van der Waals surface area contributed by atoms with Gasteiger partial charge in [-0.2, -0.15) is 0 Å². The summed E-state index contributed by atoms with van der Waals surface area (Å²) in [6.07, 6.45) is 6.38. The molecule has 0 radical (unpaired) electrons. The van der Waals surface area contributed by atoms with Crippen molar-refractivity contribution in [3.05, 3.63) is 35.4 Å². The van der Waals surface area contributed by atoms with Crippen molar-refractivity contribution in [2.24, 2.45) is 0 Å². The second-order valence-corrected chi connectivity index (χ2v) is 6.27. The summed E-state index contributed by atoms with van der Waals surface area (Å²) in [7, 11) is 2.13. The fraction of sp³-hybridized carbons (Fsp3) is 0.611. The van der Waals surface area contributed by atoms with Crippen molar-refractivity contribution in [3.63, 3.8) is 0 Å². The van der Waals surface area contributed by atoms with Gasteiger partial charge in [0.05, 0.1) is 0 Å². The molecule has 0 saturated carbocycles. The summed E-state index contributed by atoms with van der Waals surface area (Å²) in [4.78, 5) is 14.3. The molecule has 1 saturated heterocycles. The molecule has 0 aliphatic carbocycles. The minimum absolute atomic E-state index is 0.206. The SMILES string of the molecule is Cc1ccc(CCCNC(=O)CC2CCCCN2C)cc1. The molecule has 0 spiro atoms. The number of benzene rings is 1. The lowest BCUT2D eigenvalue weighted by Crippen LogP contribution is -2.40. The van der Waals surface area contributed by atoms with Gasteiger partial charge in [0, 0.05) is 19.0 Å². The molecule has 1 heterocycles. The number of piperidine rings is 1. The molecule has 116 valence electrons. The van der Waals surface area contributed by atoms with Gasteiger partial charge in [0.1, 0.15) is 0 Å². The molecule has 21 heavy (non-hydrogen) atoms. The van der Waals surface area contributed by atoms with Gasteiger partial charge in [-0.25, -0.2) is 0 Å². The second-order valence-electron chi connectivity index (χ2n) is 6.27. The number of carbonyl (C=O) groups is 1. The largest absolute Gasteiger partial charge is 0.356 e. The molecule has 1 unspecified atom stereocenters. The van der Waals surface area contributed by atoms with Crippen LogP contribution in [0.5, 0.6) is 0 Å². The van der Waals surface area contributed by atoms with Crippen molar-refractivity contribution in [1.82, 2.24) is 10.2 Å². The standard InChI is InChI=1S/C18H28N2O/c1-15-8-10-16(11-9-15)6-5-12-19-18(21)14-17-7-3-4-13-20(17)2/h8-11,17H,3-7,12-14H2,1-2H3,(H,19,21). The Morgan fingerprint density at radius 3 is 2.76 bits per heavy atom. The summed E-state index contributed by atoms with van der Waals surface area (Å²) in [5.74, 6) is 0.206. The van der Waals surface area contributed by atoms with Crippen LogP contribution in [0, 0.1) is 6.92 Å². The van der Waals surface area contributed by atoms with Gasteiger partial charge in [0.2, 0.25) is 5.91 Å². The summed E-state index contributed by atoms with van der Waals surface area (Å²) >= 11 is 0. The number of hydrogen-bond acceptors (Lipinski definition) is 2. The highest BCUT2D eigenvalue weighted by Gasteiger charge is 2.21. The van der Waals surface area contributed by atoms with Crippen LogP contribution in [-0.4, -0.2) is 37.0 Å². The molecule has 3 nitrogen and oxygen atoms in total. The predicted octanol–water partition coefficient (Wildman–Crippen LogP) is 2.92. The van der Waals surface area contributed by atoms with E-state index in [1.54, 1.807) is 0 Å². The number of nitrogens with zero attached hydrogens (tertiary/aromatic N) is 1. The van der Waals surface area contributed by atoms with Crippen LogP contribution in [0.4, 0.5) is 0 Å². The maximum atomic E-state index is 12.0. The molecule has 1 N–H and O–H groups in total. The first kappa shape index (κ1) is 16.0. The highest BCUT2D eigenvalue weighted by Crippen LogP contribution is 2.17. The Kier molecular flexibility index (Phi) is 6.24. The molecule has 1 aliphatic rings. The van der Waals surface area contributed by atoms with Gasteiger partial charge in [0.25, 0.3) is 0 Å². The molecule has 1 aromatic rings. The van der Waals surface area contributed by atoms with E-state index >= 15 is 0 Å². The molecule has 1 amide bonds. The van der Waals surface area contributed by atoms with Crippen molar-refractivity contribution in [2.45, 2.75) is 51.5 Å². The van der Waals surface area contributed by atoms with Crippen LogP contribution in [0.15, 0.2) is 24.3 Å². The van der Waals surface area contributed by atoms with Crippen molar-refractivity contribution < 1.29 is 4.79 Å². The predicted molar refractivity (Wildman–Crippen MR) is 87.4 cm³/mol. The first-order valence-corrected chi connectivity index (χ1v) is 8.17. The lowest BCUT2D eigenvalue weighted by Gasteiger charge is -2.31. The van der Waals surface area contributed by atoms with E-state index < -0.39 is 0 Å². The number of rotatable bonds is 6. The number of amides is 1. The van der Waals surface area contributed by atoms with E-state index in [1.807, 2.05) is 0 Å². The van der Waals surface area contributed by atoms with Crippen molar-refractivity contribution in [3.8, 4) is 0 Å². The van der Waals surface area contributed by atoms with Gasteiger partial charge in [0.15, 0.2) is 0 Å². The molecule has 3 heteroatoms. The van der Waals surface area contributed by atoms with Crippen LogP contribution in [0.1, 0.15) is 43.2 Å². The minimum atomic E-state index is 0.206. The van der Waals surface area contributed by atoms with E-state index in [4.69, 9.17) is 0 Å². The van der Waals surface area contributed by atoms with Crippen molar-refractivity contribution in [2.75, 3.05) is 20.1 Å². The van der Waals surface area contributed by atoms with E-state index in [9.17, 15) is 4.79 Å². The molecular weight excluding hydrogens is 260 g/mol. The zero-order valence-electron chi connectivity index (χ0n) is 13.4. The number of aryl methyl sites for hydroxylation is 2. The molecule has 1 atom stereocenters. The third-order valence-corrected chi connectivity index (χ3v) is 4.43. The Bertz CT molecular complexity index is 441. The number of hydrogen-bond donors (Lipinski definition) is 1. The molecule has 1 aliphatic heterocycles. The lowest BCUT2D eigenvalue weighted by atomic mass is 10.00. The normalized spacial score (nSPS) is 19.4. The summed E-state index contributed by atoms with van der Waals surface area (Å²) < 4.78 is 0. The van der Waals surface area contributed by atoms with E-state index in [0.29, 0.717) is 12.5 Å². The third kappa shape index (κ3) is 5.50. The Morgan fingerprint density at radius 1 is 1.29 bits per heavy atom. The van der Waals surface area contributed by atoms with E-state index in [1.165, 1.54) is 24.0 Å². The first-order chi connectivity index (χ1) is 10.1. The summed E-state index contributed by atoms with van der Waals surface area (Å²) in [5.41, 5.74) is 2.64. The molecule has 2 rings (SSSR count). The Morgan fingerprint density at radius 2 is 2.05 bits per heavy atom. The topological polar surface area (TPSA) is 32.3 Å². The highest BCUT2D eigenvalue weighted by molar-refractivity contribution is 5.76. The van der Waals surface area contributed by atoms with Crippen LogP contribution >= 0.6 is 0 Å². The van der Waals surface area contributed by atoms with E-state index in [0.717, 1.165) is 32.4 Å². The average molecular weight is 288 g/mol. The molecule has 1 aromatic carbocycles. The Labute approximate surface area is 128 Å². The van der Waals surface area contributed by atoms with E-state index in [-0.39, 0.29) is 5.91 Å². The summed E-state index contributed by atoms with van der Waals surface area (Å²) in [5, 5.41) is 3.07. The minimum Gasteiger partial charge on any atom is -0.356 e. The van der Waals surface area contributed by atoms with Crippen LogP contribution in [0.3, 0.4) is 0 Å². The molecular formula is C18H28N2O. The van der Waals surface area contributed by atoms with Crippen LogP contribution in [0.25, 0.3) is 0 Å². The fourth-order valence-electron chi connectivity index (χ4n) is 2.96. The van der Waals surface area contributed by atoms with Crippen LogP contribution < -0.4 is 5.32 Å². The highest BCUT2D eigenvalue weighted by atomic mass is 16.1. The van der Waals surface area contributed by atoms with Gasteiger partial charge < -0.3 is 10.2 Å². The first-order valence-electron chi connectivity index (χ1n) is 8.17. The van der Waals surface area contributed by atoms with Gasteiger partial charge >= 0.3 is 0 Å². The Hall–Kier alpha value is -1.35. The van der Waals surface area contributed by atoms with Crippen LogP contribution in [-0.2, 0) is 11.2 Å². The Balaban J connectivity index is 1.61. The third-order valence-electron chi connectivity index (χ3n) is 4.43. The lowest BCUT2D eigenvalue weighted by molar-refractivity contribution is -0.122. The second kappa shape index (κ2) is 8.18. The van der Waals surface area contributed by atoms with Crippen molar-refractivity contribution >= 4 is 5.91 Å². The fourth-order valence-corrected chi connectivity index (χ4v) is 2.96. The number of carbonyl (C=O) groups excluding carboxylic acids is 1. The van der Waals surface area contributed by atoms with Gasteiger partial charge in [-0.1, -0.05) is 36.2 Å². The van der Waals surface area contributed by atoms with Crippen LogP contribution in [0.2, 0.25) is 0 Å². The quantitative estimate of drug-likeness (QED) is 0.816. The van der Waals surface area contributed by atoms with Gasteiger partial charge in [-0.3, -0.25) is 4.79 Å². The molecule has 0 aromatic heterocycles. The molecule has 0 bridgehead atoms. The smallest absolute Gasteiger partial charge is 0.221 e. The zero-order valence-corrected chi connectivity index (χ0v) is 13.4. The number of likely N-dealkylation sites (tertiary alicyclic amines) is 1. The van der Waals surface area contributed by atoms with Gasteiger partial charge in [-0.15, -0.1) is 0 Å². The maximum absolute atomic E-state index is 12.0. The summed E-state index contributed by atoms with van der Waals surface area (Å²) in [6, 6.07) is 9.08. The molecule has 1 fully saturated rings. The summed E-state index contributed by atoms with van der Waals surface area (Å²) in [6.45, 7) is 4.01. The number of nitrogens with one attached hydrogen (secondary N) is 1. The van der Waals surface area contributed by atoms with Crippen molar-refractivity contribution in [1.29, 1.82) is 0 Å². The maximum Gasteiger partial charge on any atom is 0.221 e. The van der Waals surface area contributed by atoms with Gasteiger partial charge in [-0.05, 0) is 51.8 Å². The monoisotopic (exact) mass is 288 g/mol. The van der Waals surface area contributed by atoms with E-state index in [2.05, 4.69) is 48.5 Å². The zero-order chi connectivity index (χ0) is 15.1.